The molecule has 0 saturated carbocycles. The Bertz CT molecular complexity index is 835. The van der Waals surface area contributed by atoms with Gasteiger partial charge in [-0.2, -0.15) is 0 Å². The van der Waals surface area contributed by atoms with Crippen LogP contribution in [0.1, 0.15) is 20.7 Å². The molecule has 5 heteroatoms. The largest absolute Gasteiger partial charge is 0.478 e. The van der Waals surface area contributed by atoms with Crippen LogP contribution < -0.4 is 5.32 Å². The van der Waals surface area contributed by atoms with E-state index in [4.69, 9.17) is 9.52 Å². The van der Waals surface area contributed by atoms with Gasteiger partial charge in [-0.15, -0.1) is 0 Å². The lowest BCUT2D eigenvalue weighted by molar-refractivity contribution is 0.0696. The Labute approximate surface area is 119 Å². The van der Waals surface area contributed by atoms with Crippen LogP contribution in [0, 0.1) is 0 Å². The van der Waals surface area contributed by atoms with Gasteiger partial charge < -0.3 is 14.8 Å². The average Bonchev–Trinajstić information content (AvgIpc) is 2.91. The Balaban J connectivity index is 1.90. The maximum absolute atomic E-state index is 12.3. The number of nitrogens with one attached hydrogen (secondary N) is 1. The molecule has 3 aromatic rings. The molecule has 0 aliphatic carbocycles. The highest BCUT2D eigenvalue weighted by atomic mass is 16.4. The molecule has 2 N–H and O–H groups in total. The van der Waals surface area contributed by atoms with E-state index < -0.39 is 5.97 Å². The predicted octanol–water partition coefficient (Wildman–Crippen LogP) is 3.38. The summed E-state index contributed by atoms with van der Waals surface area (Å²) in [6.45, 7) is 0. The van der Waals surface area contributed by atoms with Crippen LogP contribution >= 0.6 is 0 Å². The second kappa shape index (κ2) is 5.13. The highest BCUT2D eigenvalue weighted by Gasteiger charge is 2.14. The lowest BCUT2D eigenvalue weighted by Crippen LogP contribution is -2.11. The Morgan fingerprint density at radius 3 is 2.67 bits per heavy atom. The summed E-state index contributed by atoms with van der Waals surface area (Å²) in [6, 6.07) is 13.3. The number of para-hydroxylation sites is 1. The third-order valence-corrected chi connectivity index (χ3v) is 3.09. The highest BCUT2D eigenvalue weighted by molar-refractivity contribution is 6.12. The van der Waals surface area contributed by atoms with Crippen LogP contribution in [0.4, 0.5) is 5.69 Å². The Hall–Kier alpha value is -3.08. The highest BCUT2D eigenvalue weighted by Crippen LogP contribution is 2.22. The molecule has 0 aliphatic rings. The molecular formula is C16H11NO4. The van der Waals surface area contributed by atoms with E-state index in [1.54, 1.807) is 24.3 Å². The lowest BCUT2D eigenvalue weighted by Gasteiger charge is -2.04. The van der Waals surface area contributed by atoms with E-state index in [9.17, 15) is 9.59 Å². The topological polar surface area (TPSA) is 79.5 Å². The molecule has 0 fully saturated rings. The number of hydrogen-bond donors (Lipinski definition) is 2. The molecule has 0 radical (unpaired) electrons. The normalized spacial score (nSPS) is 10.5. The molecule has 0 unspecified atom stereocenters. The number of rotatable bonds is 3. The summed E-state index contributed by atoms with van der Waals surface area (Å²) in [7, 11) is 0. The number of carbonyl (C=O) groups is 2. The van der Waals surface area contributed by atoms with Gasteiger partial charge in [0, 0.05) is 11.1 Å². The number of furan rings is 1. The molecule has 5 nitrogen and oxygen atoms in total. The number of benzene rings is 2. The van der Waals surface area contributed by atoms with Crippen molar-refractivity contribution in [2.45, 2.75) is 0 Å². The number of carboxylic acids is 1. The first kappa shape index (κ1) is 12.9. The predicted molar refractivity (Wildman–Crippen MR) is 77.6 cm³/mol. The molecule has 0 atom stereocenters. The Kier molecular flexibility index (Phi) is 3.16. The summed E-state index contributed by atoms with van der Waals surface area (Å²) in [5.74, 6) is -1.39. The van der Waals surface area contributed by atoms with Crippen LogP contribution in [-0.4, -0.2) is 17.0 Å². The van der Waals surface area contributed by atoms with E-state index in [2.05, 4.69) is 5.32 Å². The van der Waals surface area contributed by atoms with Crippen LogP contribution in [0.25, 0.3) is 11.0 Å². The van der Waals surface area contributed by atoms with E-state index in [0.717, 1.165) is 0 Å². The first-order chi connectivity index (χ1) is 10.1. The summed E-state index contributed by atoms with van der Waals surface area (Å²) < 4.78 is 5.31. The zero-order valence-corrected chi connectivity index (χ0v) is 10.9. The maximum Gasteiger partial charge on any atom is 0.335 e. The molecule has 1 amide bonds. The van der Waals surface area contributed by atoms with Crippen LogP contribution in [0.15, 0.2) is 59.2 Å². The third kappa shape index (κ3) is 2.49. The molecule has 3 rings (SSSR count). The quantitative estimate of drug-likeness (QED) is 0.771. The zero-order valence-electron chi connectivity index (χ0n) is 10.9. The second-order valence-electron chi connectivity index (χ2n) is 4.49. The molecule has 0 spiro atoms. The minimum Gasteiger partial charge on any atom is -0.478 e. The maximum atomic E-state index is 12.3. The van der Waals surface area contributed by atoms with Crippen molar-refractivity contribution in [2.24, 2.45) is 0 Å². The number of anilines is 1. The summed E-state index contributed by atoms with van der Waals surface area (Å²) >= 11 is 0. The standard InChI is InChI=1S/C16H11NO4/c18-15(13-9-21-14-7-2-1-6-12(13)14)17-11-5-3-4-10(8-11)16(19)20/h1-9H,(H,17,18)(H,19,20). The van der Waals surface area contributed by atoms with Gasteiger partial charge in [0.2, 0.25) is 0 Å². The van der Waals surface area contributed by atoms with Crippen molar-refractivity contribution < 1.29 is 19.1 Å². The van der Waals surface area contributed by atoms with Crippen molar-refractivity contribution in [3.8, 4) is 0 Å². The zero-order chi connectivity index (χ0) is 14.8. The lowest BCUT2D eigenvalue weighted by atomic mass is 10.1. The molecule has 104 valence electrons. The minimum atomic E-state index is -1.04. The number of fused-ring (bicyclic) bond motifs is 1. The summed E-state index contributed by atoms with van der Waals surface area (Å²) in [5.41, 5.74) is 1.57. The number of carbonyl (C=O) groups excluding carboxylic acids is 1. The van der Waals surface area contributed by atoms with E-state index >= 15 is 0 Å². The van der Waals surface area contributed by atoms with Gasteiger partial charge in [0.25, 0.3) is 5.91 Å². The summed E-state index contributed by atoms with van der Waals surface area (Å²) in [6.07, 6.45) is 1.39. The van der Waals surface area contributed by atoms with Gasteiger partial charge in [0.05, 0.1) is 11.1 Å². The van der Waals surface area contributed by atoms with Gasteiger partial charge in [-0.25, -0.2) is 4.79 Å². The van der Waals surface area contributed by atoms with Gasteiger partial charge in [-0.3, -0.25) is 4.79 Å². The van der Waals surface area contributed by atoms with Crippen molar-refractivity contribution in [1.82, 2.24) is 0 Å². The molecule has 1 aromatic heterocycles. The molecule has 2 aromatic carbocycles. The smallest absolute Gasteiger partial charge is 0.335 e. The first-order valence-electron chi connectivity index (χ1n) is 6.26. The molecule has 0 bridgehead atoms. The van der Waals surface area contributed by atoms with E-state index in [0.29, 0.717) is 22.2 Å². The SMILES string of the molecule is O=C(O)c1cccc(NC(=O)c2coc3ccccc23)c1. The van der Waals surface area contributed by atoms with Gasteiger partial charge in [0.15, 0.2) is 0 Å². The fourth-order valence-corrected chi connectivity index (χ4v) is 2.08. The van der Waals surface area contributed by atoms with E-state index in [1.807, 2.05) is 12.1 Å². The fourth-order valence-electron chi connectivity index (χ4n) is 2.08. The van der Waals surface area contributed by atoms with Crippen molar-refractivity contribution in [3.05, 3.63) is 65.9 Å². The summed E-state index contributed by atoms with van der Waals surface area (Å²) in [5, 5.41) is 12.3. The van der Waals surface area contributed by atoms with E-state index in [1.165, 1.54) is 18.4 Å². The van der Waals surface area contributed by atoms with Crippen LogP contribution in [0.2, 0.25) is 0 Å². The third-order valence-electron chi connectivity index (χ3n) is 3.09. The fraction of sp³-hybridized carbons (Fsp3) is 0. The van der Waals surface area contributed by atoms with Gasteiger partial charge in [-0.1, -0.05) is 24.3 Å². The molecule has 1 heterocycles. The van der Waals surface area contributed by atoms with Crippen molar-refractivity contribution in [1.29, 1.82) is 0 Å². The molecule has 0 saturated heterocycles. The minimum absolute atomic E-state index is 0.116. The summed E-state index contributed by atoms with van der Waals surface area (Å²) in [4.78, 5) is 23.2. The van der Waals surface area contributed by atoms with Crippen LogP contribution in [0.3, 0.4) is 0 Å². The first-order valence-corrected chi connectivity index (χ1v) is 6.26. The number of aromatic carboxylic acids is 1. The molecule has 21 heavy (non-hydrogen) atoms. The Morgan fingerprint density at radius 1 is 1.05 bits per heavy atom. The Morgan fingerprint density at radius 2 is 1.86 bits per heavy atom. The van der Waals surface area contributed by atoms with Gasteiger partial charge in [-0.05, 0) is 24.3 Å². The van der Waals surface area contributed by atoms with Gasteiger partial charge in [0.1, 0.15) is 11.8 Å². The van der Waals surface area contributed by atoms with E-state index in [-0.39, 0.29) is 11.5 Å². The second-order valence-corrected chi connectivity index (χ2v) is 4.49. The monoisotopic (exact) mass is 281 g/mol. The van der Waals surface area contributed by atoms with Crippen molar-refractivity contribution >= 4 is 28.5 Å². The van der Waals surface area contributed by atoms with Crippen LogP contribution in [0.5, 0.6) is 0 Å². The average molecular weight is 281 g/mol. The number of hydrogen-bond acceptors (Lipinski definition) is 3. The molecule has 0 aliphatic heterocycles. The van der Waals surface area contributed by atoms with Crippen molar-refractivity contribution in [2.75, 3.05) is 5.32 Å². The molecular weight excluding hydrogens is 270 g/mol. The number of carboxylic acid groups (broad SMARTS) is 1. The van der Waals surface area contributed by atoms with Gasteiger partial charge >= 0.3 is 5.97 Å². The number of amides is 1. The van der Waals surface area contributed by atoms with Crippen molar-refractivity contribution in [3.63, 3.8) is 0 Å². The van der Waals surface area contributed by atoms with Crippen LogP contribution in [-0.2, 0) is 0 Å².